The summed E-state index contributed by atoms with van der Waals surface area (Å²) in [7, 11) is 0. The molecule has 0 radical (unpaired) electrons. The number of nitrogens with zero attached hydrogens (tertiary/aromatic N) is 1. The SMILES string of the molecule is CC(C)Cc1nc2c(s1)CCCC2CNC(C)(C)C. The van der Waals surface area contributed by atoms with Gasteiger partial charge in [0.1, 0.15) is 0 Å². The zero-order valence-corrected chi connectivity index (χ0v) is 13.9. The van der Waals surface area contributed by atoms with Crippen molar-refractivity contribution in [1.82, 2.24) is 10.3 Å². The maximum absolute atomic E-state index is 4.95. The Kier molecular flexibility index (Phi) is 4.67. The predicted octanol–water partition coefficient (Wildman–Crippen LogP) is 4.15. The largest absolute Gasteiger partial charge is 0.311 e. The highest BCUT2D eigenvalue weighted by molar-refractivity contribution is 7.11. The van der Waals surface area contributed by atoms with E-state index in [-0.39, 0.29) is 5.54 Å². The number of thiazole rings is 1. The highest BCUT2D eigenvalue weighted by atomic mass is 32.1. The Balaban J connectivity index is 2.08. The smallest absolute Gasteiger partial charge is 0.0933 e. The summed E-state index contributed by atoms with van der Waals surface area (Å²) in [5.74, 6) is 1.33. The van der Waals surface area contributed by atoms with Crippen LogP contribution in [0.5, 0.6) is 0 Å². The number of nitrogens with one attached hydrogen (secondary N) is 1. The number of fused-ring (bicyclic) bond motifs is 1. The lowest BCUT2D eigenvalue weighted by Crippen LogP contribution is -2.39. The van der Waals surface area contributed by atoms with Crippen molar-refractivity contribution in [3.8, 4) is 0 Å². The molecule has 0 bridgehead atoms. The molecule has 0 spiro atoms. The number of aryl methyl sites for hydroxylation is 1. The van der Waals surface area contributed by atoms with Crippen molar-refractivity contribution >= 4 is 11.3 Å². The molecule has 2 nitrogen and oxygen atoms in total. The molecule has 3 heteroatoms. The van der Waals surface area contributed by atoms with Crippen LogP contribution in [-0.2, 0) is 12.8 Å². The second-order valence-corrected chi connectivity index (χ2v) is 8.40. The van der Waals surface area contributed by atoms with Crippen LogP contribution in [0.4, 0.5) is 0 Å². The van der Waals surface area contributed by atoms with Gasteiger partial charge in [0.05, 0.1) is 10.7 Å². The molecule has 0 saturated heterocycles. The molecule has 1 atom stereocenters. The van der Waals surface area contributed by atoms with E-state index in [0.29, 0.717) is 11.8 Å². The Hall–Kier alpha value is -0.410. The lowest BCUT2D eigenvalue weighted by molar-refractivity contribution is 0.388. The Bertz CT molecular complexity index is 415. The second kappa shape index (κ2) is 5.92. The van der Waals surface area contributed by atoms with Gasteiger partial charge in [0.25, 0.3) is 0 Å². The zero-order chi connectivity index (χ0) is 14.0. The molecule has 0 saturated carbocycles. The molecular formula is C16H28N2S. The van der Waals surface area contributed by atoms with Crippen LogP contribution in [0, 0.1) is 5.92 Å². The van der Waals surface area contributed by atoms with Crippen molar-refractivity contribution in [2.75, 3.05) is 6.54 Å². The van der Waals surface area contributed by atoms with Crippen molar-refractivity contribution in [1.29, 1.82) is 0 Å². The first-order valence-electron chi connectivity index (χ1n) is 7.58. The minimum absolute atomic E-state index is 0.203. The maximum Gasteiger partial charge on any atom is 0.0933 e. The first kappa shape index (κ1) is 15.0. The van der Waals surface area contributed by atoms with Crippen molar-refractivity contribution in [2.24, 2.45) is 5.92 Å². The van der Waals surface area contributed by atoms with Crippen LogP contribution in [0.2, 0.25) is 0 Å². The van der Waals surface area contributed by atoms with Gasteiger partial charge < -0.3 is 5.32 Å². The summed E-state index contributed by atoms with van der Waals surface area (Å²) in [6.45, 7) is 12.3. The Labute approximate surface area is 122 Å². The Morgan fingerprint density at radius 3 is 2.74 bits per heavy atom. The van der Waals surface area contributed by atoms with Crippen molar-refractivity contribution < 1.29 is 0 Å². The van der Waals surface area contributed by atoms with Gasteiger partial charge in [-0.1, -0.05) is 13.8 Å². The van der Waals surface area contributed by atoms with E-state index >= 15 is 0 Å². The summed E-state index contributed by atoms with van der Waals surface area (Å²) in [4.78, 5) is 6.51. The first-order chi connectivity index (χ1) is 8.85. The average Bonchev–Trinajstić information content (AvgIpc) is 2.66. The third-order valence-electron chi connectivity index (χ3n) is 3.58. The Morgan fingerprint density at radius 1 is 1.37 bits per heavy atom. The van der Waals surface area contributed by atoms with E-state index in [1.807, 2.05) is 11.3 Å². The molecule has 1 heterocycles. The van der Waals surface area contributed by atoms with Gasteiger partial charge >= 0.3 is 0 Å². The summed E-state index contributed by atoms with van der Waals surface area (Å²) < 4.78 is 0. The van der Waals surface area contributed by atoms with E-state index in [1.54, 1.807) is 4.88 Å². The molecule has 1 aliphatic rings. The molecule has 19 heavy (non-hydrogen) atoms. The lowest BCUT2D eigenvalue weighted by Gasteiger charge is -2.27. The quantitative estimate of drug-likeness (QED) is 0.896. The molecular weight excluding hydrogens is 252 g/mol. The molecule has 0 aromatic carbocycles. The molecule has 1 aromatic heterocycles. The average molecular weight is 280 g/mol. The summed E-state index contributed by atoms with van der Waals surface area (Å²) in [6, 6.07) is 0. The summed E-state index contributed by atoms with van der Waals surface area (Å²) >= 11 is 1.96. The molecule has 108 valence electrons. The topological polar surface area (TPSA) is 24.9 Å². The molecule has 0 amide bonds. The standard InChI is InChI=1S/C16H28N2S/c1-11(2)9-14-18-15-12(10-17-16(3,4)5)7-6-8-13(15)19-14/h11-12,17H,6-10H2,1-5H3. The highest BCUT2D eigenvalue weighted by Gasteiger charge is 2.25. The molecule has 0 fully saturated rings. The van der Waals surface area contributed by atoms with Crippen LogP contribution in [-0.4, -0.2) is 17.1 Å². The van der Waals surface area contributed by atoms with Crippen LogP contribution in [0.1, 0.15) is 69.0 Å². The van der Waals surface area contributed by atoms with Gasteiger partial charge in [-0.3, -0.25) is 0 Å². The van der Waals surface area contributed by atoms with Crippen LogP contribution < -0.4 is 5.32 Å². The number of aromatic nitrogens is 1. The molecule has 1 aromatic rings. The van der Waals surface area contributed by atoms with E-state index in [2.05, 4.69) is 39.9 Å². The zero-order valence-electron chi connectivity index (χ0n) is 13.0. The third-order valence-corrected chi connectivity index (χ3v) is 4.73. The van der Waals surface area contributed by atoms with E-state index in [4.69, 9.17) is 4.98 Å². The van der Waals surface area contributed by atoms with E-state index < -0.39 is 0 Å². The van der Waals surface area contributed by atoms with Crippen LogP contribution in [0.25, 0.3) is 0 Å². The fourth-order valence-corrected chi connectivity index (χ4v) is 4.03. The van der Waals surface area contributed by atoms with Gasteiger partial charge in [-0.15, -0.1) is 11.3 Å². The monoisotopic (exact) mass is 280 g/mol. The maximum atomic E-state index is 4.95. The highest BCUT2D eigenvalue weighted by Crippen LogP contribution is 2.35. The fourth-order valence-electron chi connectivity index (χ4n) is 2.62. The molecule has 1 aliphatic carbocycles. The minimum Gasteiger partial charge on any atom is -0.311 e. The normalized spacial score (nSPS) is 19.8. The number of hydrogen-bond acceptors (Lipinski definition) is 3. The predicted molar refractivity (Wildman–Crippen MR) is 84.1 cm³/mol. The minimum atomic E-state index is 0.203. The van der Waals surface area contributed by atoms with Crippen molar-refractivity contribution in [2.45, 2.75) is 71.8 Å². The molecule has 2 rings (SSSR count). The van der Waals surface area contributed by atoms with Crippen molar-refractivity contribution in [3.05, 3.63) is 15.6 Å². The van der Waals surface area contributed by atoms with E-state index in [9.17, 15) is 0 Å². The number of hydrogen-bond donors (Lipinski definition) is 1. The van der Waals surface area contributed by atoms with Crippen LogP contribution >= 0.6 is 11.3 Å². The van der Waals surface area contributed by atoms with Gasteiger partial charge in [-0.05, 0) is 46.0 Å². The summed E-state index contributed by atoms with van der Waals surface area (Å²) in [5.41, 5.74) is 1.61. The van der Waals surface area contributed by atoms with Gasteiger partial charge in [-0.25, -0.2) is 4.98 Å². The molecule has 1 unspecified atom stereocenters. The third kappa shape index (κ3) is 4.28. The Morgan fingerprint density at radius 2 is 2.11 bits per heavy atom. The van der Waals surface area contributed by atoms with Gasteiger partial charge in [0.2, 0.25) is 0 Å². The van der Waals surface area contributed by atoms with E-state index in [1.165, 1.54) is 30.0 Å². The fraction of sp³-hybridized carbons (Fsp3) is 0.812. The molecule has 1 N–H and O–H groups in total. The van der Waals surface area contributed by atoms with Crippen molar-refractivity contribution in [3.63, 3.8) is 0 Å². The summed E-state index contributed by atoms with van der Waals surface area (Å²) in [5, 5.41) is 5.00. The molecule has 0 aliphatic heterocycles. The first-order valence-corrected chi connectivity index (χ1v) is 8.40. The second-order valence-electron chi connectivity index (χ2n) is 7.23. The van der Waals surface area contributed by atoms with Gasteiger partial charge in [-0.2, -0.15) is 0 Å². The van der Waals surface area contributed by atoms with Crippen LogP contribution in [0.15, 0.2) is 0 Å². The lowest BCUT2D eigenvalue weighted by atomic mass is 9.90. The van der Waals surface area contributed by atoms with Gasteiger partial charge in [0.15, 0.2) is 0 Å². The number of rotatable bonds is 4. The van der Waals surface area contributed by atoms with Crippen LogP contribution in [0.3, 0.4) is 0 Å². The van der Waals surface area contributed by atoms with E-state index in [0.717, 1.165) is 13.0 Å². The summed E-state index contributed by atoms with van der Waals surface area (Å²) in [6.07, 6.45) is 5.00. The van der Waals surface area contributed by atoms with Gasteiger partial charge in [0, 0.05) is 29.3 Å².